The summed E-state index contributed by atoms with van der Waals surface area (Å²) < 4.78 is 22.4. The van der Waals surface area contributed by atoms with E-state index < -0.39 is 0 Å². The third-order valence-corrected chi connectivity index (χ3v) is 4.84. The van der Waals surface area contributed by atoms with E-state index in [0.717, 1.165) is 104 Å². The van der Waals surface area contributed by atoms with Gasteiger partial charge in [0.1, 0.15) is 0 Å². The maximum atomic E-state index is 5.79. The second-order valence-electron chi connectivity index (χ2n) is 7.24. The first-order valence-electron chi connectivity index (χ1n) is 10.8. The minimum absolute atomic E-state index is 0. The summed E-state index contributed by atoms with van der Waals surface area (Å²) in [6.07, 6.45) is 6.78. The molecule has 0 aliphatic carbocycles. The molecule has 8 heteroatoms. The molecule has 1 atom stereocenters. The lowest BCUT2D eigenvalue weighted by atomic mass is 10.0. The van der Waals surface area contributed by atoms with Gasteiger partial charge in [-0.15, -0.1) is 24.0 Å². The normalized spacial score (nSPS) is 20.8. The molecule has 0 amide bonds. The summed E-state index contributed by atoms with van der Waals surface area (Å²) in [6.45, 7) is 10.4. The molecule has 2 aliphatic rings. The van der Waals surface area contributed by atoms with Gasteiger partial charge in [0.15, 0.2) is 5.96 Å². The smallest absolute Gasteiger partial charge is 0.191 e. The van der Waals surface area contributed by atoms with Gasteiger partial charge in [0.25, 0.3) is 0 Å². The molecule has 166 valence electrons. The summed E-state index contributed by atoms with van der Waals surface area (Å²) in [5.74, 6) is 1.55. The van der Waals surface area contributed by atoms with Crippen LogP contribution < -0.4 is 10.6 Å². The van der Waals surface area contributed by atoms with E-state index in [1.807, 2.05) is 0 Å². The predicted molar refractivity (Wildman–Crippen MR) is 123 cm³/mol. The molecule has 28 heavy (non-hydrogen) atoms. The Kier molecular flexibility index (Phi) is 16.3. The van der Waals surface area contributed by atoms with Crippen molar-refractivity contribution in [2.75, 3.05) is 65.9 Å². The summed E-state index contributed by atoms with van der Waals surface area (Å²) in [6, 6.07) is 0. The molecule has 7 nitrogen and oxygen atoms in total. The lowest BCUT2D eigenvalue weighted by Crippen LogP contribution is -2.38. The van der Waals surface area contributed by atoms with Crippen molar-refractivity contribution in [2.45, 2.75) is 51.6 Å². The molecule has 2 N–H and O–H groups in total. The molecule has 0 bridgehead atoms. The van der Waals surface area contributed by atoms with Crippen molar-refractivity contribution in [3.05, 3.63) is 0 Å². The minimum Gasteiger partial charge on any atom is -0.381 e. The molecule has 2 aliphatic heterocycles. The van der Waals surface area contributed by atoms with E-state index in [0.29, 0.717) is 12.0 Å². The molecule has 2 saturated heterocycles. The van der Waals surface area contributed by atoms with Crippen LogP contribution in [0.1, 0.15) is 45.4 Å². The summed E-state index contributed by atoms with van der Waals surface area (Å²) >= 11 is 0. The number of aliphatic imine (C=N–C) groups is 1. The Labute approximate surface area is 187 Å². The number of hydrogen-bond acceptors (Lipinski definition) is 5. The van der Waals surface area contributed by atoms with Crippen LogP contribution in [0.4, 0.5) is 0 Å². The Balaban J connectivity index is 0.00000392. The number of nitrogens with one attached hydrogen (secondary N) is 2. The monoisotopic (exact) mass is 513 g/mol. The van der Waals surface area contributed by atoms with Gasteiger partial charge in [-0.1, -0.05) is 0 Å². The highest BCUT2D eigenvalue weighted by Gasteiger charge is 2.15. The Hall–Kier alpha value is -0.160. The molecular formula is C20H40IN3O4. The molecule has 0 aromatic carbocycles. The molecule has 0 spiro atoms. The topological polar surface area (TPSA) is 73.3 Å². The highest BCUT2D eigenvalue weighted by molar-refractivity contribution is 14.0. The van der Waals surface area contributed by atoms with Crippen LogP contribution in [0.3, 0.4) is 0 Å². The standard InChI is InChI=1S/C20H39N3O4.HI/c1-2-21-20(23-10-5-12-26-17-19-6-3-13-27-19)22-9-4-11-25-16-18-7-14-24-15-8-18;/h18-19H,2-17H2,1H3,(H2,21,22,23);1H. The molecule has 0 aromatic heterocycles. The van der Waals surface area contributed by atoms with Crippen LogP contribution in [0.5, 0.6) is 0 Å². The van der Waals surface area contributed by atoms with Crippen LogP contribution >= 0.6 is 24.0 Å². The lowest BCUT2D eigenvalue weighted by Gasteiger charge is -2.21. The average Bonchev–Trinajstić information content (AvgIpc) is 3.21. The first kappa shape index (κ1) is 25.9. The van der Waals surface area contributed by atoms with Gasteiger partial charge in [-0.3, -0.25) is 4.99 Å². The van der Waals surface area contributed by atoms with E-state index in [-0.39, 0.29) is 24.0 Å². The van der Waals surface area contributed by atoms with E-state index in [2.05, 4.69) is 22.5 Å². The number of ether oxygens (including phenoxy) is 4. The Morgan fingerprint density at radius 1 is 1.00 bits per heavy atom. The predicted octanol–water partition coefficient (Wildman–Crippen LogP) is 2.58. The van der Waals surface area contributed by atoms with Gasteiger partial charge in [0, 0.05) is 59.3 Å². The van der Waals surface area contributed by atoms with Crippen molar-refractivity contribution in [1.29, 1.82) is 0 Å². The van der Waals surface area contributed by atoms with E-state index in [1.54, 1.807) is 0 Å². The van der Waals surface area contributed by atoms with Crippen LogP contribution in [0, 0.1) is 5.92 Å². The van der Waals surface area contributed by atoms with Gasteiger partial charge in [-0.05, 0) is 51.4 Å². The fraction of sp³-hybridized carbons (Fsp3) is 0.950. The summed E-state index contributed by atoms with van der Waals surface area (Å²) in [7, 11) is 0. The van der Waals surface area contributed by atoms with Crippen molar-refractivity contribution in [3.63, 3.8) is 0 Å². The molecule has 0 radical (unpaired) electrons. The number of guanidine groups is 1. The highest BCUT2D eigenvalue weighted by atomic mass is 127. The number of hydrogen-bond donors (Lipinski definition) is 2. The average molecular weight is 513 g/mol. The van der Waals surface area contributed by atoms with Gasteiger partial charge in [-0.2, -0.15) is 0 Å². The molecule has 0 saturated carbocycles. The maximum absolute atomic E-state index is 5.79. The summed E-state index contributed by atoms with van der Waals surface area (Å²) in [4.78, 5) is 4.61. The number of halogens is 1. The quantitative estimate of drug-likeness (QED) is 0.171. The molecule has 2 rings (SSSR count). The van der Waals surface area contributed by atoms with Crippen LogP contribution in [0.2, 0.25) is 0 Å². The van der Waals surface area contributed by atoms with Crippen LogP contribution in [0.15, 0.2) is 4.99 Å². The first-order chi connectivity index (χ1) is 13.4. The Morgan fingerprint density at radius 2 is 1.79 bits per heavy atom. The van der Waals surface area contributed by atoms with Gasteiger partial charge < -0.3 is 29.6 Å². The highest BCUT2D eigenvalue weighted by Crippen LogP contribution is 2.14. The molecule has 2 heterocycles. The minimum atomic E-state index is 0. The van der Waals surface area contributed by atoms with Crippen LogP contribution in [0.25, 0.3) is 0 Å². The SMILES string of the molecule is CCNC(=NCCCOCC1CCOCC1)NCCCOCC1CCCO1.I. The summed E-state index contributed by atoms with van der Waals surface area (Å²) in [5.41, 5.74) is 0. The second kappa shape index (κ2) is 17.7. The third-order valence-electron chi connectivity index (χ3n) is 4.84. The second-order valence-corrected chi connectivity index (χ2v) is 7.24. The van der Waals surface area contributed by atoms with Crippen molar-refractivity contribution in [2.24, 2.45) is 10.9 Å². The van der Waals surface area contributed by atoms with Gasteiger partial charge in [0.05, 0.1) is 12.7 Å². The zero-order valence-corrected chi connectivity index (χ0v) is 19.8. The fourth-order valence-corrected chi connectivity index (χ4v) is 3.23. The van der Waals surface area contributed by atoms with Crippen LogP contribution in [-0.4, -0.2) is 77.9 Å². The van der Waals surface area contributed by atoms with Crippen molar-refractivity contribution < 1.29 is 18.9 Å². The van der Waals surface area contributed by atoms with Crippen molar-refractivity contribution in [1.82, 2.24) is 10.6 Å². The van der Waals surface area contributed by atoms with Crippen LogP contribution in [-0.2, 0) is 18.9 Å². The lowest BCUT2D eigenvalue weighted by molar-refractivity contribution is 0.0168. The van der Waals surface area contributed by atoms with E-state index in [1.165, 1.54) is 6.42 Å². The van der Waals surface area contributed by atoms with Crippen molar-refractivity contribution >= 4 is 29.9 Å². The Morgan fingerprint density at radius 3 is 2.54 bits per heavy atom. The van der Waals surface area contributed by atoms with Gasteiger partial charge in [0.2, 0.25) is 0 Å². The molecule has 0 aromatic rings. The maximum Gasteiger partial charge on any atom is 0.191 e. The van der Waals surface area contributed by atoms with Gasteiger partial charge in [-0.25, -0.2) is 0 Å². The Bertz CT molecular complexity index is 390. The summed E-state index contributed by atoms with van der Waals surface area (Å²) in [5, 5.41) is 6.65. The van der Waals surface area contributed by atoms with Crippen molar-refractivity contribution in [3.8, 4) is 0 Å². The molecule has 2 fully saturated rings. The first-order valence-corrected chi connectivity index (χ1v) is 10.8. The van der Waals surface area contributed by atoms with Gasteiger partial charge >= 0.3 is 0 Å². The van der Waals surface area contributed by atoms with E-state index >= 15 is 0 Å². The zero-order valence-electron chi connectivity index (χ0n) is 17.5. The molecular weight excluding hydrogens is 473 g/mol. The number of rotatable bonds is 13. The van der Waals surface area contributed by atoms with E-state index in [4.69, 9.17) is 18.9 Å². The third kappa shape index (κ3) is 12.4. The zero-order chi connectivity index (χ0) is 19.0. The fourth-order valence-electron chi connectivity index (χ4n) is 3.23. The number of nitrogens with zero attached hydrogens (tertiary/aromatic N) is 1. The molecule has 1 unspecified atom stereocenters. The largest absolute Gasteiger partial charge is 0.381 e. The van der Waals surface area contributed by atoms with E-state index in [9.17, 15) is 0 Å².